The summed E-state index contributed by atoms with van der Waals surface area (Å²) in [5.41, 5.74) is 0.934. The average Bonchev–Trinajstić information content (AvgIpc) is 2.39. The van der Waals surface area contributed by atoms with E-state index >= 15 is 0 Å². The standard InChI is InChI=1S/C11H13N3OS/c1-3-12-7-13-9(1)11-14-10-5-15-4-2-8(10)6-16-11/h1,3,7-8,10H,2,4-6H2. The minimum absolute atomic E-state index is 0.333. The molecule has 1 aromatic rings. The van der Waals surface area contributed by atoms with Crippen LogP contribution in [0.3, 0.4) is 0 Å². The van der Waals surface area contributed by atoms with E-state index in [1.165, 1.54) is 0 Å². The van der Waals surface area contributed by atoms with Gasteiger partial charge >= 0.3 is 0 Å². The summed E-state index contributed by atoms with van der Waals surface area (Å²) in [6.45, 7) is 1.65. The van der Waals surface area contributed by atoms with E-state index in [4.69, 9.17) is 9.73 Å². The molecule has 1 fully saturated rings. The summed E-state index contributed by atoms with van der Waals surface area (Å²) < 4.78 is 5.47. The van der Waals surface area contributed by atoms with Gasteiger partial charge in [0.25, 0.3) is 0 Å². The maximum absolute atomic E-state index is 5.47. The molecule has 0 amide bonds. The molecule has 0 spiro atoms. The van der Waals surface area contributed by atoms with Crippen LogP contribution in [0.4, 0.5) is 0 Å². The summed E-state index contributed by atoms with van der Waals surface area (Å²) in [6, 6.07) is 2.25. The van der Waals surface area contributed by atoms with E-state index < -0.39 is 0 Å². The summed E-state index contributed by atoms with van der Waals surface area (Å²) in [6.07, 6.45) is 4.47. The molecule has 3 rings (SSSR count). The van der Waals surface area contributed by atoms with Gasteiger partial charge in [-0.3, -0.25) is 4.99 Å². The second kappa shape index (κ2) is 4.51. The molecule has 2 atom stereocenters. The monoisotopic (exact) mass is 235 g/mol. The second-order valence-corrected chi connectivity index (χ2v) is 5.04. The molecular weight excluding hydrogens is 222 g/mol. The highest BCUT2D eigenvalue weighted by molar-refractivity contribution is 8.14. The molecule has 2 aliphatic rings. The lowest BCUT2D eigenvalue weighted by atomic mass is 9.97. The van der Waals surface area contributed by atoms with Crippen LogP contribution in [0.2, 0.25) is 0 Å². The number of nitrogens with zero attached hydrogens (tertiary/aromatic N) is 3. The third-order valence-corrected chi connectivity index (χ3v) is 4.17. The molecule has 16 heavy (non-hydrogen) atoms. The molecule has 0 radical (unpaired) electrons. The summed E-state index contributed by atoms with van der Waals surface area (Å²) >= 11 is 1.81. The summed E-state index contributed by atoms with van der Waals surface area (Å²) in [5.74, 6) is 1.82. The van der Waals surface area contributed by atoms with Crippen LogP contribution < -0.4 is 0 Å². The second-order valence-electron chi connectivity index (χ2n) is 4.03. The van der Waals surface area contributed by atoms with Gasteiger partial charge < -0.3 is 4.74 Å². The first-order chi connectivity index (χ1) is 7.93. The molecule has 1 saturated heterocycles. The van der Waals surface area contributed by atoms with Crippen LogP contribution in [-0.2, 0) is 4.74 Å². The van der Waals surface area contributed by atoms with Crippen LogP contribution in [-0.4, -0.2) is 40.0 Å². The van der Waals surface area contributed by atoms with Gasteiger partial charge in [0.2, 0.25) is 0 Å². The summed E-state index contributed by atoms with van der Waals surface area (Å²) in [4.78, 5) is 12.9. The van der Waals surface area contributed by atoms with Crippen molar-refractivity contribution in [2.45, 2.75) is 12.5 Å². The van der Waals surface area contributed by atoms with Crippen molar-refractivity contribution >= 4 is 16.8 Å². The van der Waals surface area contributed by atoms with Crippen LogP contribution in [0.1, 0.15) is 12.1 Å². The Morgan fingerprint density at radius 1 is 1.44 bits per heavy atom. The molecular formula is C11H13N3OS. The first-order valence-corrected chi connectivity index (χ1v) is 6.47. The van der Waals surface area contributed by atoms with Crippen molar-refractivity contribution in [2.75, 3.05) is 19.0 Å². The lowest BCUT2D eigenvalue weighted by Gasteiger charge is -2.32. The first-order valence-electron chi connectivity index (χ1n) is 5.48. The molecule has 0 aliphatic carbocycles. The predicted molar refractivity (Wildman–Crippen MR) is 63.7 cm³/mol. The number of fused-ring (bicyclic) bond motifs is 1. The maximum atomic E-state index is 5.47. The Hall–Kier alpha value is -0.940. The highest BCUT2D eigenvalue weighted by atomic mass is 32.2. The molecule has 0 N–H and O–H groups in total. The molecule has 5 heteroatoms. The Morgan fingerprint density at radius 2 is 2.44 bits per heavy atom. The molecule has 0 aromatic carbocycles. The van der Waals surface area contributed by atoms with Gasteiger partial charge in [-0.2, -0.15) is 0 Å². The molecule has 0 saturated carbocycles. The van der Waals surface area contributed by atoms with Crippen molar-refractivity contribution in [1.29, 1.82) is 0 Å². The molecule has 2 unspecified atom stereocenters. The predicted octanol–water partition coefficient (Wildman–Crippen LogP) is 1.38. The zero-order valence-electron chi connectivity index (χ0n) is 8.87. The van der Waals surface area contributed by atoms with Crippen LogP contribution in [0, 0.1) is 5.92 Å². The summed E-state index contributed by atoms with van der Waals surface area (Å²) in [7, 11) is 0. The number of hydrogen-bond donors (Lipinski definition) is 0. The van der Waals surface area contributed by atoms with E-state index in [1.807, 2.05) is 6.07 Å². The molecule has 0 bridgehead atoms. The van der Waals surface area contributed by atoms with Crippen LogP contribution >= 0.6 is 11.8 Å². The third kappa shape index (κ3) is 1.97. The SMILES string of the molecule is c1cc(C2=NC3COCCC3CS2)ncn1. The van der Waals surface area contributed by atoms with Gasteiger partial charge in [0, 0.05) is 18.6 Å². The minimum atomic E-state index is 0.333. The van der Waals surface area contributed by atoms with Crippen molar-refractivity contribution < 1.29 is 4.74 Å². The van der Waals surface area contributed by atoms with Crippen molar-refractivity contribution in [3.05, 3.63) is 24.3 Å². The fourth-order valence-electron chi connectivity index (χ4n) is 2.04. The Balaban J connectivity index is 1.84. The van der Waals surface area contributed by atoms with Gasteiger partial charge in [-0.15, -0.1) is 11.8 Å². The Labute approximate surface area is 98.5 Å². The number of aromatic nitrogens is 2. The van der Waals surface area contributed by atoms with Gasteiger partial charge in [-0.05, 0) is 18.4 Å². The molecule has 3 heterocycles. The van der Waals surface area contributed by atoms with E-state index in [9.17, 15) is 0 Å². The van der Waals surface area contributed by atoms with Gasteiger partial charge in [0.15, 0.2) is 0 Å². The van der Waals surface area contributed by atoms with Crippen molar-refractivity contribution in [1.82, 2.24) is 9.97 Å². The van der Waals surface area contributed by atoms with Crippen molar-refractivity contribution in [3.8, 4) is 0 Å². The van der Waals surface area contributed by atoms with E-state index in [1.54, 1.807) is 24.3 Å². The number of thioether (sulfide) groups is 1. The van der Waals surface area contributed by atoms with Gasteiger partial charge in [0.05, 0.1) is 18.3 Å². The summed E-state index contributed by atoms with van der Waals surface area (Å²) in [5, 5.41) is 1.04. The third-order valence-electron chi connectivity index (χ3n) is 2.98. The maximum Gasteiger partial charge on any atom is 0.117 e. The van der Waals surface area contributed by atoms with Crippen molar-refractivity contribution in [2.24, 2.45) is 10.9 Å². The lowest BCUT2D eigenvalue weighted by molar-refractivity contribution is 0.0563. The number of rotatable bonds is 1. The molecule has 2 aliphatic heterocycles. The lowest BCUT2D eigenvalue weighted by Crippen LogP contribution is -2.36. The van der Waals surface area contributed by atoms with Crippen LogP contribution in [0.15, 0.2) is 23.6 Å². The smallest absolute Gasteiger partial charge is 0.117 e. The normalized spacial score (nSPS) is 29.4. The van der Waals surface area contributed by atoms with Gasteiger partial charge in [-0.1, -0.05) is 0 Å². The Bertz CT molecular complexity index is 395. The minimum Gasteiger partial charge on any atom is -0.379 e. The number of aliphatic imine (C=N–C) groups is 1. The van der Waals surface area contributed by atoms with Crippen LogP contribution in [0.25, 0.3) is 0 Å². The highest BCUT2D eigenvalue weighted by Crippen LogP contribution is 2.30. The van der Waals surface area contributed by atoms with Crippen LogP contribution in [0.5, 0.6) is 0 Å². The molecule has 4 nitrogen and oxygen atoms in total. The van der Waals surface area contributed by atoms with Gasteiger partial charge in [0.1, 0.15) is 11.4 Å². The first kappa shape index (κ1) is 10.2. The Morgan fingerprint density at radius 3 is 3.31 bits per heavy atom. The zero-order valence-corrected chi connectivity index (χ0v) is 9.69. The Kier molecular flexibility index (Phi) is 2.88. The van der Waals surface area contributed by atoms with E-state index in [0.717, 1.165) is 36.1 Å². The number of hydrogen-bond acceptors (Lipinski definition) is 5. The molecule has 1 aromatic heterocycles. The highest BCUT2D eigenvalue weighted by Gasteiger charge is 2.30. The van der Waals surface area contributed by atoms with E-state index in [0.29, 0.717) is 12.0 Å². The largest absolute Gasteiger partial charge is 0.379 e. The molecule has 84 valence electrons. The zero-order chi connectivity index (χ0) is 10.8. The fraction of sp³-hybridized carbons (Fsp3) is 0.545. The van der Waals surface area contributed by atoms with Crippen molar-refractivity contribution in [3.63, 3.8) is 0 Å². The fourth-order valence-corrected chi connectivity index (χ4v) is 3.27. The topological polar surface area (TPSA) is 47.4 Å². The number of ether oxygens (including phenoxy) is 1. The quantitative estimate of drug-likeness (QED) is 0.737. The van der Waals surface area contributed by atoms with E-state index in [2.05, 4.69) is 9.97 Å². The van der Waals surface area contributed by atoms with E-state index in [-0.39, 0.29) is 0 Å². The average molecular weight is 235 g/mol. The van der Waals surface area contributed by atoms with Gasteiger partial charge in [-0.25, -0.2) is 9.97 Å².